The molecule has 1 atom stereocenters. The van der Waals surface area contributed by atoms with E-state index in [0.717, 1.165) is 23.1 Å². The molecule has 0 radical (unpaired) electrons. The summed E-state index contributed by atoms with van der Waals surface area (Å²) in [5.41, 5.74) is 2.61. The van der Waals surface area contributed by atoms with Gasteiger partial charge in [-0.3, -0.25) is 24.6 Å². The third-order valence-electron chi connectivity index (χ3n) is 6.75. The van der Waals surface area contributed by atoms with Gasteiger partial charge < -0.3 is 23.5 Å². The Balaban J connectivity index is 1.27. The number of pyridine rings is 3. The summed E-state index contributed by atoms with van der Waals surface area (Å²) in [7, 11) is 0. The number of amides is 1. The van der Waals surface area contributed by atoms with Crippen LogP contribution in [0.3, 0.4) is 0 Å². The van der Waals surface area contributed by atoms with Crippen LogP contribution >= 0.6 is 0 Å². The van der Waals surface area contributed by atoms with Crippen molar-refractivity contribution in [3.05, 3.63) is 58.3 Å². The van der Waals surface area contributed by atoms with Crippen molar-refractivity contribution in [1.82, 2.24) is 24.3 Å². The minimum atomic E-state index is -0.645. The molecule has 2 aliphatic rings. The van der Waals surface area contributed by atoms with Crippen LogP contribution in [0.2, 0.25) is 0 Å². The zero-order chi connectivity index (χ0) is 28.3. The summed E-state index contributed by atoms with van der Waals surface area (Å²) in [6.07, 6.45) is 2.77. The van der Waals surface area contributed by atoms with Gasteiger partial charge in [0.05, 0.1) is 48.7 Å². The van der Waals surface area contributed by atoms with Crippen LogP contribution in [0, 0.1) is 6.92 Å². The first kappa shape index (κ1) is 27.9. The topological polar surface area (TPSA) is 108 Å². The molecule has 1 unspecified atom stereocenters. The first-order valence-electron chi connectivity index (χ1n) is 13.7. The Labute approximate surface area is 233 Å². The predicted molar refractivity (Wildman–Crippen MR) is 149 cm³/mol. The number of rotatable bonds is 7. The molecule has 3 aromatic heterocycles. The quantitative estimate of drug-likeness (QED) is 0.438. The molecule has 2 aliphatic heterocycles. The highest BCUT2D eigenvalue weighted by Gasteiger charge is 2.29. The third-order valence-corrected chi connectivity index (χ3v) is 6.75. The number of morpholine rings is 1. The SMILES string of the molecule is Cc1cnc2ccc(=O)n(CCN3CCOC(CN(Cc4cc5c(cn4)OCCO5)C(=O)OC(C)(C)C)C3)c2c1. The van der Waals surface area contributed by atoms with Crippen LogP contribution in [0.25, 0.3) is 11.0 Å². The molecule has 214 valence electrons. The fourth-order valence-corrected chi connectivity index (χ4v) is 4.88. The Bertz CT molecular complexity index is 1420. The molecule has 0 spiro atoms. The minimum absolute atomic E-state index is 0.0484. The van der Waals surface area contributed by atoms with Crippen molar-refractivity contribution < 1.29 is 23.7 Å². The molecule has 1 saturated heterocycles. The van der Waals surface area contributed by atoms with Gasteiger partial charge in [-0.05, 0) is 45.4 Å². The molecule has 0 saturated carbocycles. The number of hydrogen-bond acceptors (Lipinski definition) is 9. The molecular formula is C29H37N5O6. The zero-order valence-electron chi connectivity index (χ0n) is 23.6. The van der Waals surface area contributed by atoms with E-state index in [1.54, 1.807) is 40.1 Å². The van der Waals surface area contributed by atoms with Gasteiger partial charge in [-0.2, -0.15) is 0 Å². The highest BCUT2D eigenvalue weighted by Crippen LogP contribution is 2.30. The summed E-state index contributed by atoms with van der Waals surface area (Å²) in [6.45, 7) is 12.1. The van der Waals surface area contributed by atoms with Crippen LogP contribution in [0.5, 0.6) is 11.5 Å². The first-order valence-corrected chi connectivity index (χ1v) is 13.7. The van der Waals surface area contributed by atoms with Crippen molar-refractivity contribution in [2.24, 2.45) is 0 Å². The normalized spacial score (nSPS) is 17.6. The maximum Gasteiger partial charge on any atom is 0.410 e. The van der Waals surface area contributed by atoms with Gasteiger partial charge in [-0.1, -0.05) is 0 Å². The molecule has 11 nitrogen and oxygen atoms in total. The van der Waals surface area contributed by atoms with Crippen LogP contribution in [0.4, 0.5) is 4.79 Å². The molecule has 1 amide bonds. The van der Waals surface area contributed by atoms with Crippen LogP contribution in [0.15, 0.2) is 41.5 Å². The number of carbonyl (C=O) groups is 1. The number of carbonyl (C=O) groups excluding carboxylic acids is 1. The molecule has 0 aromatic carbocycles. The van der Waals surface area contributed by atoms with E-state index in [9.17, 15) is 9.59 Å². The van der Waals surface area contributed by atoms with Gasteiger partial charge in [0.15, 0.2) is 11.5 Å². The lowest BCUT2D eigenvalue weighted by molar-refractivity contribution is -0.0495. The van der Waals surface area contributed by atoms with Gasteiger partial charge in [0.25, 0.3) is 5.56 Å². The lowest BCUT2D eigenvalue weighted by Crippen LogP contribution is -2.50. The maximum atomic E-state index is 13.2. The molecule has 3 aromatic rings. The predicted octanol–water partition coefficient (Wildman–Crippen LogP) is 3.01. The monoisotopic (exact) mass is 551 g/mol. The average molecular weight is 552 g/mol. The van der Waals surface area contributed by atoms with Crippen molar-refractivity contribution >= 4 is 17.1 Å². The summed E-state index contributed by atoms with van der Waals surface area (Å²) in [4.78, 5) is 38.7. The molecule has 1 fully saturated rings. The van der Waals surface area contributed by atoms with Crippen LogP contribution < -0.4 is 15.0 Å². The van der Waals surface area contributed by atoms with E-state index in [2.05, 4.69) is 14.9 Å². The fourth-order valence-electron chi connectivity index (χ4n) is 4.88. The second-order valence-corrected chi connectivity index (χ2v) is 11.2. The Morgan fingerprint density at radius 3 is 2.67 bits per heavy atom. The number of aromatic nitrogens is 3. The Morgan fingerprint density at radius 2 is 1.88 bits per heavy atom. The van der Waals surface area contributed by atoms with Crippen molar-refractivity contribution in [2.75, 3.05) is 46.0 Å². The number of fused-ring (bicyclic) bond motifs is 2. The maximum absolute atomic E-state index is 13.2. The Kier molecular flexibility index (Phi) is 8.22. The van der Waals surface area contributed by atoms with Gasteiger partial charge in [-0.15, -0.1) is 0 Å². The van der Waals surface area contributed by atoms with E-state index in [4.69, 9.17) is 18.9 Å². The minimum Gasteiger partial charge on any atom is -0.486 e. The van der Waals surface area contributed by atoms with Crippen LogP contribution in [-0.4, -0.2) is 88.1 Å². The lowest BCUT2D eigenvalue weighted by atomic mass is 10.2. The molecule has 40 heavy (non-hydrogen) atoms. The van der Waals surface area contributed by atoms with Crippen molar-refractivity contribution in [1.29, 1.82) is 0 Å². The number of aryl methyl sites for hydroxylation is 1. The third kappa shape index (κ3) is 6.89. The summed E-state index contributed by atoms with van der Waals surface area (Å²) in [6, 6.07) is 7.13. The van der Waals surface area contributed by atoms with E-state index in [1.165, 1.54) is 0 Å². The average Bonchev–Trinajstić information content (AvgIpc) is 2.91. The van der Waals surface area contributed by atoms with E-state index in [0.29, 0.717) is 63.2 Å². The molecular weight excluding hydrogens is 514 g/mol. The Hall–Kier alpha value is -3.70. The highest BCUT2D eigenvalue weighted by molar-refractivity contribution is 5.74. The van der Waals surface area contributed by atoms with Gasteiger partial charge in [0.2, 0.25) is 0 Å². The zero-order valence-corrected chi connectivity index (χ0v) is 23.6. The smallest absolute Gasteiger partial charge is 0.410 e. The molecule has 0 bridgehead atoms. The van der Waals surface area contributed by atoms with Gasteiger partial charge in [0, 0.05) is 44.5 Å². The van der Waals surface area contributed by atoms with E-state index in [-0.39, 0.29) is 18.2 Å². The van der Waals surface area contributed by atoms with Crippen molar-refractivity contribution in [3.63, 3.8) is 0 Å². The van der Waals surface area contributed by atoms with Gasteiger partial charge >= 0.3 is 6.09 Å². The molecule has 11 heteroatoms. The summed E-state index contributed by atoms with van der Waals surface area (Å²) < 4.78 is 24.8. The van der Waals surface area contributed by atoms with E-state index < -0.39 is 11.7 Å². The number of hydrogen-bond donors (Lipinski definition) is 0. The van der Waals surface area contributed by atoms with Gasteiger partial charge in [-0.25, -0.2) is 4.79 Å². The fraction of sp³-hybridized carbons (Fsp3) is 0.517. The molecule has 5 heterocycles. The molecule has 0 aliphatic carbocycles. The van der Waals surface area contributed by atoms with E-state index >= 15 is 0 Å². The van der Waals surface area contributed by atoms with Crippen molar-refractivity contribution in [2.45, 2.75) is 52.5 Å². The van der Waals surface area contributed by atoms with Gasteiger partial charge in [0.1, 0.15) is 18.8 Å². The summed E-state index contributed by atoms with van der Waals surface area (Å²) in [5.74, 6) is 1.22. The summed E-state index contributed by atoms with van der Waals surface area (Å²) in [5, 5.41) is 0. The van der Waals surface area contributed by atoms with Crippen LogP contribution in [0.1, 0.15) is 32.0 Å². The first-order chi connectivity index (χ1) is 19.1. The summed E-state index contributed by atoms with van der Waals surface area (Å²) >= 11 is 0. The number of ether oxygens (including phenoxy) is 4. The molecule has 0 N–H and O–H groups in total. The Morgan fingerprint density at radius 1 is 1.07 bits per heavy atom. The van der Waals surface area contributed by atoms with Crippen LogP contribution in [-0.2, 0) is 22.6 Å². The lowest BCUT2D eigenvalue weighted by Gasteiger charge is -2.36. The highest BCUT2D eigenvalue weighted by atomic mass is 16.6. The molecule has 5 rings (SSSR count). The van der Waals surface area contributed by atoms with E-state index in [1.807, 2.05) is 33.8 Å². The second kappa shape index (κ2) is 11.8. The number of nitrogens with zero attached hydrogens (tertiary/aromatic N) is 5. The van der Waals surface area contributed by atoms with Crippen molar-refractivity contribution in [3.8, 4) is 11.5 Å². The second-order valence-electron chi connectivity index (χ2n) is 11.2. The largest absolute Gasteiger partial charge is 0.486 e. The standard InChI is InChI=1S/C29H37N5O6/c1-20-13-24-23(31-15-20)5-6-27(35)34(24)8-7-32-9-10-37-22(18-32)19-33(28(36)40-29(2,3)4)17-21-14-25-26(16-30-21)39-12-11-38-25/h5-6,13-16,22H,7-12,17-19H2,1-4H3.